The predicted molar refractivity (Wildman–Crippen MR) is 143 cm³/mol. The number of amides is 1. The van der Waals surface area contributed by atoms with Crippen molar-refractivity contribution in [2.45, 2.75) is 6.92 Å². The van der Waals surface area contributed by atoms with Crippen LogP contribution in [0.5, 0.6) is 0 Å². The summed E-state index contributed by atoms with van der Waals surface area (Å²) in [7, 11) is 0. The van der Waals surface area contributed by atoms with Crippen LogP contribution in [0.4, 0.5) is 11.4 Å². The van der Waals surface area contributed by atoms with Gasteiger partial charge in [0.25, 0.3) is 0 Å². The molecule has 0 saturated carbocycles. The Balaban J connectivity index is 1.29. The molecule has 0 radical (unpaired) electrons. The second-order valence-electron chi connectivity index (χ2n) is 7.93. The fourth-order valence-corrected chi connectivity index (χ4v) is 4.34. The third kappa shape index (κ3) is 6.26. The normalized spacial score (nSPS) is 14.4. The van der Waals surface area contributed by atoms with Gasteiger partial charge < -0.3 is 19.5 Å². The van der Waals surface area contributed by atoms with E-state index in [-0.39, 0.29) is 11.0 Å². The molecule has 1 amide bonds. The van der Waals surface area contributed by atoms with E-state index in [0.29, 0.717) is 16.5 Å². The first kappa shape index (κ1) is 24.0. The molecule has 1 aliphatic rings. The maximum Gasteiger partial charge on any atom is 0.250 e. The zero-order valence-corrected chi connectivity index (χ0v) is 20.5. The number of hydrogen-bond donors (Lipinski definition) is 2. The molecular formula is C26H27ClN4O2S. The highest BCUT2D eigenvalue weighted by atomic mass is 35.5. The molecule has 176 valence electrons. The number of hydrogen-bond acceptors (Lipinski definition) is 5. The van der Waals surface area contributed by atoms with Crippen molar-refractivity contribution < 1.29 is 9.21 Å². The number of nitrogens with one attached hydrogen (secondary N) is 2. The maximum atomic E-state index is 12.3. The molecule has 1 aliphatic heterocycles. The summed E-state index contributed by atoms with van der Waals surface area (Å²) < 4.78 is 5.77. The van der Waals surface area contributed by atoms with E-state index in [0.717, 1.165) is 49.7 Å². The van der Waals surface area contributed by atoms with Crippen LogP contribution >= 0.6 is 23.8 Å². The fourth-order valence-electron chi connectivity index (χ4n) is 3.82. The highest BCUT2D eigenvalue weighted by Crippen LogP contribution is 2.29. The molecule has 34 heavy (non-hydrogen) atoms. The third-order valence-electron chi connectivity index (χ3n) is 5.69. The Kier molecular flexibility index (Phi) is 8.00. The number of likely N-dealkylation sites (N-methyl/N-ethyl adjacent to an activating group) is 1. The second-order valence-corrected chi connectivity index (χ2v) is 8.75. The molecule has 3 aromatic rings. The largest absolute Gasteiger partial charge is 0.457 e. The van der Waals surface area contributed by atoms with E-state index in [1.54, 1.807) is 6.08 Å². The van der Waals surface area contributed by atoms with E-state index < -0.39 is 0 Å². The molecule has 2 heterocycles. The van der Waals surface area contributed by atoms with Crippen molar-refractivity contribution in [1.82, 2.24) is 10.2 Å². The van der Waals surface area contributed by atoms with Gasteiger partial charge in [0.2, 0.25) is 5.91 Å². The van der Waals surface area contributed by atoms with Crippen LogP contribution in [-0.4, -0.2) is 48.6 Å². The van der Waals surface area contributed by atoms with Crippen molar-refractivity contribution in [2.24, 2.45) is 0 Å². The summed E-state index contributed by atoms with van der Waals surface area (Å²) in [5.74, 6) is 0.965. The van der Waals surface area contributed by atoms with Gasteiger partial charge in [0, 0.05) is 43.5 Å². The van der Waals surface area contributed by atoms with Crippen LogP contribution in [-0.2, 0) is 4.79 Å². The zero-order valence-electron chi connectivity index (χ0n) is 19.0. The number of nitrogens with zero attached hydrogens (tertiary/aromatic N) is 2. The lowest BCUT2D eigenvalue weighted by atomic mass is 10.2. The number of anilines is 2. The van der Waals surface area contributed by atoms with E-state index in [9.17, 15) is 4.79 Å². The van der Waals surface area contributed by atoms with Gasteiger partial charge >= 0.3 is 0 Å². The molecule has 0 unspecified atom stereocenters. The highest BCUT2D eigenvalue weighted by molar-refractivity contribution is 7.80. The number of thiocarbonyl (C=S) groups is 1. The van der Waals surface area contributed by atoms with E-state index in [1.807, 2.05) is 60.7 Å². The molecule has 0 aliphatic carbocycles. The minimum absolute atomic E-state index is 0.194. The molecule has 0 spiro atoms. The highest BCUT2D eigenvalue weighted by Gasteiger charge is 2.18. The summed E-state index contributed by atoms with van der Waals surface area (Å²) in [5, 5.41) is 6.50. The third-order valence-corrected chi connectivity index (χ3v) is 6.19. The fraction of sp³-hybridized carbons (Fsp3) is 0.231. The molecule has 6 nitrogen and oxygen atoms in total. The molecule has 1 fully saturated rings. The summed E-state index contributed by atoms with van der Waals surface area (Å²) in [6.07, 6.45) is 2.99. The number of piperazine rings is 1. The number of benzene rings is 2. The van der Waals surface area contributed by atoms with Gasteiger partial charge in [-0.15, -0.1) is 0 Å². The topological polar surface area (TPSA) is 60.8 Å². The summed E-state index contributed by atoms with van der Waals surface area (Å²) in [6.45, 7) is 7.20. The van der Waals surface area contributed by atoms with Gasteiger partial charge in [-0.3, -0.25) is 10.1 Å². The molecule has 1 aromatic heterocycles. The van der Waals surface area contributed by atoms with Crippen molar-refractivity contribution in [3.8, 4) is 11.3 Å². The maximum absolute atomic E-state index is 12.3. The predicted octanol–water partition coefficient (Wildman–Crippen LogP) is 5.27. The lowest BCUT2D eigenvalue weighted by Crippen LogP contribution is -2.46. The Bertz CT molecular complexity index is 1170. The first-order valence-electron chi connectivity index (χ1n) is 11.2. The lowest BCUT2D eigenvalue weighted by Gasteiger charge is -2.36. The molecule has 2 aromatic carbocycles. The number of carbonyl (C=O) groups is 1. The van der Waals surface area contributed by atoms with Gasteiger partial charge in [0.1, 0.15) is 11.5 Å². The number of halogens is 1. The summed E-state index contributed by atoms with van der Waals surface area (Å²) >= 11 is 11.8. The molecular weight excluding hydrogens is 468 g/mol. The van der Waals surface area contributed by atoms with Crippen LogP contribution < -0.4 is 15.5 Å². The Morgan fingerprint density at radius 3 is 2.56 bits per heavy atom. The summed E-state index contributed by atoms with van der Waals surface area (Å²) in [6, 6.07) is 19.2. The van der Waals surface area contributed by atoms with Crippen molar-refractivity contribution in [3.63, 3.8) is 0 Å². The Hall–Kier alpha value is -3.13. The monoisotopic (exact) mass is 494 g/mol. The number of rotatable bonds is 6. The van der Waals surface area contributed by atoms with Crippen molar-refractivity contribution in [1.29, 1.82) is 0 Å². The molecule has 8 heteroatoms. The second kappa shape index (κ2) is 11.3. The van der Waals surface area contributed by atoms with Gasteiger partial charge in [-0.2, -0.15) is 0 Å². The SMILES string of the molecule is CCN1CCN(c2ccc(NC(=S)NC(=O)/C=C/c3ccc(-c4ccccc4)o3)cc2Cl)CC1. The molecule has 0 bridgehead atoms. The van der Waals surface area contributed by atoms with Gasteiger partial charge in [0.15, 0.2) is 5.11 Å². The average Bonchev–Trinajstić information content (AvgIpc) is 3.33. The average molecular weight is 495 g/mol. The molecule has 4 rings (SSSR count). The number of furan rings is 1. The summed E-state index contributed by atoms with van der Waals surface area (Å²) in [5.41, 5.74) is 2.70. The van der Waals surface area contributed by atoms with Crippen LogP contribution in [0.15, 0.2) is 71.2 Å². The van der Waals surface area contributed by atoms with E-state index in [4.69, 9.17) is 28.2 Å². The van der Waals surface area contributed by atoms with Gasteiger partial charge in [-0.1, -0.05) is 48.9 Å². The quantitative estimate of drug-likeness (QED) is 0.359. The van der Waals surface area contributed by atoms with Crippen molar-refractivity contribution in [2.75, 3.05) is 42.9 Å². The van der Waals surface area contributed by atoms with Crippen molar-refractivity contribution >= 4 is 52.3 Å². The molecule has 2 N–H and O–H groups in total. The molecule has 0 atom stereocenters. The van der Waals surface area contributed by atoms with Crippen molar-refractivity contribution in [3.05, 3.63) is 77.5 Å². The zero-order chi connectivity index (χ0) is 23.9. The minimum atomic E-state index is -0.355. The first-order chi connectivity index (χ1) is 16.5. The van der Waals surface area contributed by atoms with Crippen LogP contribution in [0.1, 0.15) is 12.7 Å². The van der Waals surface area contributed by atoms with Gasteiger partial charge in [-0.05, 0) is 55.2 Å². The summed E-state index contributed by atoms with van der Waals surface area (Å²) in [4.78, 5) is 17.0. The standard InChI is InChI=1S/C26H27ClN4O2S/c1-2-30-14-16-31(17-15-30)23-11-8-20(18-22(23)27)28-26(34)29-25(32)13-10-21-9-12-24(33-21)19-6-4-3-5-7-19/h3-13,18H,2,14-17H2,1H3,(H2,28,29,32,34)/b13-10+. The van der Waals surface area contributed by atoms with E-state index in [2.05, 4.69) is 27.4 Å². The van der Waals surface area contributed by atoms with Crippen LogP contribution in [0.3, 0.4) is 0 Å². The van der Waals surface area contributed by atoms with Crippen LogP contribution in [0.2, 0.25) is 5.02 Å². The van der Waals surface area contributed by atoms with Crippen LogP contribution in [0, 0.1) is 0 Å². The smallest absolute Gasteiger partial charge is 0.250 e. The Labute approximate surface area is 210 Å². The van der Waals surface area contributed by atoms with E-state index in [1.165, 1.54) is 6.08 Å². The minimum Gasteiger partial charge on any atom is -0.457 e. The lowest BCUT2D eigenvalue weighted by molar-refractivity contribution is -0.115. The number of carbonyl (C=O) groups excluding carboxylic acids is 1. The van der Waals surface area contributed by atoms with Gasteiger partial charge in [0.05, 0.1) is 10.7 Å². The van der Waals surface area contributed by atoms with Crippen LogP contribution in [0.25, 0.3) is 17.4 Å². The first-order valence-corrected chi connectivity index (χ1v) is 12.0. The Morgan fingerprint density at radius 2 is 1.85 bits per heavy atom. The van der Waals surface area contributed by atoms with Gasteiger partial charge in [-0.25, -0.2) is 0 Å². The molecule has 1 saturated heterocycles. The Morgan fingerprint density at radius 1 is 1.09 bits per heavy atom. The van der Waals surface area contributed by atoms with E-state index >= 15 is 0 Å².